The summed E-state index contributed by atoms with van der Waals surface area (Å²) in [4.78, 5) is 23.6. The van der Waals surface area contributed by atoms with Crippen LogP contribution in [0.2, 0.25) is 0 Å². The summed E-state index contributed by atoms with van der Waals surface area (Å²) in [5.41, 5.74) is 10.9. The largest absolute Gasteiger partial charge is 0.480 e. The van der Waals surface area contributed by atoms with E-state index < -0.39 is 24.2 Å². The number of aliphatic hydroxyl groups is 1. The predicted molar refractivity (Wildman–Crippen MR) is 88.8 cm³/mol. The SMILES string of the molecule is CC(O)CN[C@@H](CCCCN)C(=O)N[C@@H](CCCCN)C(=O)O. The number of carboxylic acids is 1. The lowest BCUT2D eigenvalue weighted by Gasteiger charge is -2.22. The van der Waals surface area contributed by atoms with E-state index in [1.165, 1.54) is 0 Å². The number of hydrogen-bond donors (Lipinski definition) is 6. The van der Waals surface area contributed by atoms with Gasteiger partial charge < -0.3 is 32.3 Å². The molecule has 0 saturated heterocycles. The lowest BCUT2D eigenvalue weighted by Crippen LogP contribution is -2.51. The van der Waals surface area contributed by atoms with E-state index in [4.69, 9.17) is 11.5 Å². The van der Waals surface area contributed by atoms with Crippen molar-refractivity contribution < 1.29 is 19.8 Å². The average Bonchev–Trinajstić information content (AvgIpc) is 2.49. The highest BCUT2D eigenvalue weighted by atomic mass is 16.4. The molecule has 1 amide bonds. The van der Waals surface area contributed by atoms with Gasteiger partial charge in [0.15, 0.2) is 0 Å². The van der Waals surface area contributed by atoms with Gasteiger partial charge in [0, 0.05) is 6.54 Å². The fraction of sp³-hybridized carbons (Fsp3) is 0.867. The molecule has 0 heterocycles. The first-order chi connectivity index (χ1) is 10.9. The molecule has 0 aliphatic rings. The highest BCUT2D eigenvalue weighted by Gasteiger charge is 2.24. The van der Waals surface area contributed by atoms with Gasteiger partial charge in [0.2, 0.25) is 5.91 Å². The minimum absolute atomic E-state index is 0.269. The Hall–Kier alpha value is -1.22. The van der Waals surface area contributed by atoms with Gasteiger partial charge in [-0.2, -0.15) is 0 Å². The van der Waals surface area contributed by atoms with Gasteiger partial charge in [-0.1, -0.05) is 6.42 Å². The number of carbonyl (C=O) groups is 2. The van der Waals surface area contributed by atoms with Gasteiger partial charge in [-0.15, -0.1) is 0 Å². The smallest absolute Gasteiger partial charge is 0.326 e. The summed E-state index contributed by atoms with van der Waals surface area (Å²) in [6, 6.07) is -1.45. The second kappa shape index (κ2) is 13.2. The third kappa shape index (κ3) is 11.0. The molecule has 0 bridgehead atoms. The van der Waals surface area contributed by atoms with E-state index in [9.17, 15) is 19.8 Å². The maximum absolute atomic E-state index is 12.3. The molecule has 0 fully saturated rings. The van der Waals surface area contributed by atoms with Crippen LogP contribution in [0.4, 0.5) is 0 Å². The molecule has 0 spiro atoms. The Balaban J connectivity index is 4.57. The van der Waals surface area contributed by atoms with Crippen molar-refractivity contribution in [3.63, 3.8) is 0 Å². The number of amides is 1. The zero-order chi connectivity index (χ0) is 17.7. The van der Waals surface area contributed by atoms with E-state index in [1.807, 2.05) is 0 Å². The van der Waals surface area contributed by atoms with Crippen molar-refractivity contribution in [3.8, 4) is 0 Å². The lowest BCUT2D eigenvalue weighted by molar-refractivity contribution is -0.142. The molecule has 23 heavy (non-hydrogen) atoms. The van der Waals surface area contributed by atoms with Gasteiger partial charge in [0.05, 0.1) is 12.1 Å². The van der Waals surface area contributed by atoms with Gasteiger partial charge in [-0.05, 0) is 52.1 Å². The first-order valence-corrected chi connectivity index (χ1v) is 8.27. The van der Waals surface area contributed by atoms with Gasteiger partial charge in [0.25, 0.3) is 0 Å². The summed E-state index contributed by atoms with van der Waals surface area (Å²) in [6.45, 7) is 2.93. The van der Waals surface area contributed by atoms with Gasteiger partial charge in [0.1, 0.15) is 6.04 Å². The fourth-order valence-electron chi connectivity index (χ4n) is 2.15. The normalized spacial score (nSPS) is 15.0. The van der Waals surface area contributed by atoms with Crippen LogP contribution in [-0.4, -0.2) is 59.9 Å². The van der Waals surface area contributed by atoms with Crippen LogP contribution in [0.1, 0.15) is 45.4 Å². The van der Waals surface area contributed by atoms with Crippen molar-refractivity contribution in [2.45, 2.75) is 63.6 Å². The highest BCUT2D eigenvalue weighted by Crippen LogP contribution is 2.05. The van der Waals surface area contributed by atoms with Crippen LogP contribution in [0.3, 0.4) is 0 Å². The number of nitrogens with two attached hydrogens (primary N) is 2. The Morgan fingerprint density at radius 2 is 1.52 bits per heavy atom. The van der Waals surface area contributed by atoms with Crippen LogP contribution < -0.4 is 22.1 Å². The molecule has 0 aliphatic heterocycles. The molecule has 8 heteroatoms. The molecular formula is C15H32N4O4. The lowest BCUT2D eigenvalue weighted by atomic mass is 10.1. The van der Waals surface area contributed by atoms with Crippen LogP contribution >= 0.6 is 0 Å². The van der Waals surface area contributed by atoms with Crippen molar-refractivity contribution in [3.05, 3.63) is 0 Å². The van der Waals surface area contributed by atoms with Crippen molar-refractivity contribution in [2.24, 2.45) is 11.5 Å². The van der Waals surface area contributed by atoms with E-state index in [0.29, 0.717) is 32.4 Å². The molecule has 0 aliphatic carbocycles. The van der Waals surface area contributed by atoms with Crippen LogP contribution in [-0.2, 0) is 9.59 Å². The van der Waals surface area contributed by atoms with Crippen LogP contribution in [0.25, 0.3) is 0 Å². The Labute approximate surface area is 138 Å². The monoisotopic (exact) mass is 332 g/mol. The minimum Gasteiger partial charge on any atom is -0.480 e. The maximum atomic E-state index is 12.3. The predicted octanol–water partition coefficient (Wildman–Crippen LogP) is -0.847. The molecule has 8 N–H and O–H groups in total. The zero-order valence-corrected chi connectivity index (χ0v) is 14.0. The van der Waals surface area contributed by atoms with E-state index in [0.717, 1.165) is 19.3 Å². The number of hydrogen-bond acceptors (Lipinski definition) is 6. The summed E-state index contributed by atoms with van der Waals surface area (Å²) in [7, 11) is 0. The third-order valence-corrected chi connectivity index (χ3v) is 3.48. The molecule has 0 aromatic rings. The highest BCUT2D eigenvalue weighted by molar-refractivity contribution is 5.86. The molecule has 0 rings (SSSR count). The summed E-state index contributed by atoms with van der Waals surface area (Å²) in [5.74, 6) is -1.41. The maximum Gasteiger partial charge on any atom is 0.326 e. The molecule has 0 saturated carbocycles. The van der Waals surface area contributed by atoms with Gasteiger partial charge in [-0.25, -0.2) is 4.79 Å². The first-order valence-electron chi connectivity index (χ1n) is 8.27. The zero-order valence-electron chi connectivity index (χ0n) is 14.0. The number of carboxylic acid groups (broad SMARTS) is 1. The quantitative estimate of drug-likeness (QED) is 0.227. The number of aliphatic hydroxyl groups excluding tert-OH is 1. The second-order valence-corrected chi connectivity index (χ2v) is 5.78. The van der Waals surface area contributed by atoms with Crippen LogP contribution in [0, 0.1) is 0 Å². The molecule has 8 nitrogen and oxygen atoms in total. The average molecular weight is 332 g/mol. The van der Waals surface area contributed by atoms with E-state index in [2.05, 4.69) is 10.6 Å². The third-order valence-electron chi connectivity index (χ3n) is 3.48. The minimum atomic E-state index is -1.05. The summed E-state index contributed by atoms with van der Waals surface area (Å²) in [6.07, 6.45) is 3.23. The topological polar surface area (TPSA) is 151 Å². The summed E-state index contributed by atoms with van der Waals surface area (Å²) < 4.78 is 0. The Kier molecular flexibility index (Phi) is 12.5. The number of rotatable bonds is 14. The van der Waals surface area contributed by atoms with E-state index in [-0.39, 0.29) is 12.5 Å². The molecule has 0 aromatic carbocycles. The van der Waals surface area contributed by atoms with Crippen LogP contribution in [0.15, 0.2) is 0 Å². The molecular weight excluding hydrogens is 300 g/mol. The van der Waals surface area contributed by atoms with Crippen molar-refractivity contribution >= 4 is 11.9 Å². The van der Waals surface area contributed by atoms with E-state index in [1.54, 1.807) is 6.92 Å². The number of aliphatic carboxylic acids is 1. The van der Waals surface area contributed by atoms with Crippen molar-refractivity contribution in [1.29, 1.82) is 0 Å². The Morgan fingerprint density at radius 1 is 1.00 bits per heavy atom. The summed E-state index contributed by atoms with van der Waals surface area (Å²) in [5, 5.41) is 24.1. The molecule has 0 radical (unpaired) electrons. The standard InChI is InChI=1S/C15H32N4O4/c1-11(20)10-18-12(6-2-4-8-16)14(21)19-13(15(22)23)7-3-5-9-17/h11-13,18,20H,2-10,16-17H2,1H3,(H,19,21)(H,22,23)/t11?,12-,13-/m0/s1. The second-order valence-electron chi connectivity index (χ2n) is 5.78. The molecule has 136 valence electrons. The van der Waals surface area contributed by atoms with Crippen LogP contribution in [0.5, 0.6) is 0 Å². The summed E-state index contributed by atoms with van der Waals surface area (Å²) >= 11 is 0. The Bertz CT molecular complexity index is 339. The molecule has 3 atom stereocenters. The van der Waals surface area contributed by atoms with Crippen molar-refractivity contribution in [1.82, 2.24) is 10.6 Å². The fourth-order valence-corrected chi connectivity index (χ4v) is 2.15. The van der Waals surface area contributed by atoms with Gasteiger partial charge >= 0.3 is 5.97 Å². The van der Waals surface area contributed by atoms with Crippen molar-refractivity contribution in [2.75, 3.05) is 19.6 Å². The van der Waals surface area contributed by atoms with Gasteiger partial charge in [-0.3, -0.25) is 4.79 Å². The molecule has 1 unspecified atom stereocenters. The van der Waals surface area contributed by atoms with E-state index >= 15 is 0 Å². The molecule has 0 aromatic heterocycles. The first kappa shape index (κ1) is 21.8. The number of carbonyl (C=O) groups excluding carboxylic acids is 1. The Morgan fingerprint density at radius 3 is 1.96 bits per heavy atom. The number of nitrogens with one attached hydrogen (secondary N) is 2. The number of unbranched alkanes of at least 4 members (excludes halogenated alkanes) is 2.